The number of rotatable bonds is 3. The lowest BCUT2D eigenvalue weighted by atomic mass is 9.65. The van der Waals surface area contributed by atoms with E-state index < -0.39 is 22.4 Å². The Balaban J connectivity index is 1.51. The maximum absolute atomic E-state index is 12.4. The van der Waals surface area contributed by atoms with Gasteiger partial charge in [-0.15, -0.1) is 5.10 Å². The number of ether oxygens (including phenoxy) is 1. The van der Waals surface area contributed by atoms with E-state index in [1.165, 1.54) is 12.1 Å². The summed E-state index contributed by atoms with van der Waals surface area (Å²) in [6.45, 7) is 0. The van der Waals surface area contributed by atoms with Crippen LogP contribution in [0, 0.1) is 11.3 Å². The number of hydrogen-bond donors (Lipinski definition) is 2. The summed E-state index contributed by atoms with van der Waals surface area (Å²) >= 11 is 12.7. The molecule has 32 heavy (non-hydrogen) atoms. The quantitative estimate of drug-likeness (QED) is 0.605. The number of amides is 1. The fourth-order valence-corrected chi connectivity index (χ4v) is 4.57. The number of nitriles is 1. The number of carbonyl (C=O) groups excluding carboxylic acids is 1. The molecule has 1 fully saturated rings. The molecule has 1 spiro atoms. The highest BCUT2D eigenvalue weighted by Gasteiger charge is 2.51. The molecule has 5 rings (SSSR count). The summed E-state index contributed by atoms with van der Waals surface area (Å²) in [7, 11) is 0. The standard InChI is InChI=1S/C21H13Cl2N5O4/c22-13-6-10(28-20(31)26-18(29)16(9-24)27-28)7-14(23)17(13)32-11-2-3-15-12(8-11)21(4-1-5-21)19(30)25-15/h2-3,6-8H,1,4-5H2,(H,25,30)(H,26,29,31). The van der Waals surface area contributed by atoms with Gasteiger partial charge in [-0.2, -0.15) is 9.94 Å². The number of nitrogens with zero attached hydrogens (tertiary/aromatic N) is 3. The fraction of sp³-hybridized carbons (Fsp3) is 0.190. The van der Waals surface area contributed by atoms with Gasteiger partial charge in [-0.1, -0.05) is 29.6 Å². The van der Waals surface area contributed by atoms with Crippen molar-refractivity contribution in [3.8, 4) is 23.3 Å². The Kier molecular flexibility index (Phi) is 4.58. The third-order valence-corrected chi connectivity index (χ3v) is 6.34. The van der Waals surface area contributed by atoms with Gasteiger partial charge in [-0.05, 0) is 48.7 Å². The predicted octanol–water partition coefficient (Wildman–Crippen LogP) is 3.27. The van der Waals surface area contributed by atoms with Gasteiger partial charge in [0, 0.05) is 5.69 Å². The van der Waals surface area contributed by atoms with Gasteiger partial charge in [-0.3, -0.25) is 14.6 Å². The van der Waals surface area contributed by atoms with E-state index in [0.717, 1.165) is 35.2 Å². The molecule has 0 bridgehead atoms. The van der Waals surface area contributed by atoms with Crippen molar-refractivity contribution in [3.05, 3.63) is 72.5 Å². The van der Waals surface area contributed by atoms with Crippen LogP contribution >= 0.6 is 23.2 Å². The van der Waals surface area contributed by atoms with E-state index in [0.29, 0.717) is 5.75 Å². The number of carbonyl (C=O) groups is 1. The van der Waals surface area contributed by atoms with Crippen LogP contribution in [0.5, 0.6) is 11.5 Å². The van der Waals surface area contributed by atoms with E-state index in [1.54, 1.807) is 24.3 Å². The summed E-state index contributed by atoms with van der Waals surface area (Å²) < 4.78 is 6.74. The van der Waals surface area contributed by atoms with Crippen molar-refractivity contribution < 1.29 is 9.53 Å². The van der Waals surface area contributed by atoms with Crippen LogP contribution in [0.2, 0.25) is 10.0 Å². The summed E-state index contributed by atoms with van der Waals surface area (Å²) in [5.74, 6) is 0.607. The third kappa shape index (κ3) is 2.99. The second-order valence-electron chi connectivity index (χ2n) is 7.57. The maximum atomic E-state index is 12.4. The molecule has 0 saturated heterocycles. The SMILES string of the molecule is N#Cc1nn(-c2cc(Cl)c(Oc3ccc4c(c3)C3(CCC3)C(=O)N4)c(Cl)c2)c(=O)[nH]c1=O. The molecule has 160 valence electrons. The maximum Gasteiger partial charge on any atom is 0.349 e. The fourth-order valence-electron chi connectivity index (χ4n) is 4.02. The molecule has 9 nitrogen and oxygen atoms in total. The molecule has 2 heterocycles. The van der Waals surface area contributed by atoms with Crippen LogP contribution in [0.15, 0.2) is 39.9 Å². The molecule has 1 saturated carbocycles. The van der Waals surface area contributed by atoms with E-state index >= 15 is 0 Å². The third-order valence-electron chi connectivity index (χ3n) is 5.78. The van der Waals surface area contributed by atoms with Crippen LogP contribution in [-0.4, -0.2) is 20.7 Å². The van der Waals surface area contributed by atoms with Crippen molar-refractivity contribution in [2.45, 2.75) is 24.7 Å². The van der Waals surface area contributed by atoms with Gasteiger partial charge in [0.25, 0.3) is 5.56 Å². The monoisotopic (exact) mass is 469 g/mol. The molecular weight excluding hydrogens is 457 g/mol. The Hall–Kier alpha value is -3.61. The molecule has 1 aliphatic heterocycles. The topological polar surface area (TPSA) is 130 Å². The molecule has 2 aromatic carbocycles. The number of aromatic amines is 1. The summed E-state index contributed by atoms with van der Waals surface area (Å²) in [6.07, 6.45) is 2.57. The van der Waals surface area contributed by atoms with E-state index in [2.05, 4.69) is 10.4 Å². The number of halogens is 2. The summed E-state index contributed by atoms with van der Waals surface area (Å²) in [6, 6.07) is 9.65. The van der Waals surface area contributed by atoms with Crippen LogP contribution in [0.4, 0.5) is 5.69 Å². The minimum Gasteiger partial charge on any atom is -0.454 e. The zero-order valence-electron chi connectivity index (χ0n) is 16.2. The van der Waals surface area contributed by atoms with E-state index in [-0.39, 0.29) is 27.4 Å². The lowest BCUT2D eigenvalue weighted by Crippen LogP contribution is -2.40. The molecule has 0 unspecified atom stereocenters. The number of hydrogen-bond acceptors (Lipinski definition) is 6. The summed E-state index contributed by atoms with van der Waals surface area (Å²) in [5.41, 5.74) is -0.918. The summed E-state index contributed by atoms with van der Waals surface area (Å²) in [5, 5.41) is 15.8. The highest BCUT2D eigenvalue weighted by Crippen LogP contribution is 2.52. The first-order valence-electron chi connectivity index (χ1n) is 9.59. The van der Waals surface area contributed by atoms with Gasteiger partial charge in [0.1, 0.15) is 11.8 Å². The Bertz CT molecular complexity index is 1440. The molecule has 0 atom stereocenters. The normalized spacial score (nSPS) is 15.6. The van der Waals surface area contributed by atoms with Crippen LogP contribution in [0.25, 0.3) is 5.69 Å². The number of benzene rings is 2. The average molecular weight is 470 g/mol. The second-order valence-corrected chi connectivity index (χ2v) is 8.38. The van der Waals surface area contributed by atoms with E-state index in [1.807, 2.05) is 4.98 Å². The van der Waals surface area contributed by atoms with Gasteiger partial charge < -0.3 is 10.1 Å². The van der Waals surface area contributed by atoms with Crippen LogP contribution in [0.3, 0.4) is 0 Å². The van der Waals surface area contributed by atoms with Crippen LogP contribution in [0.1, 0.15) is 30.5 Å². The molecule has 2 aliphatic rings. The lowest BCUT2D eigenvalue weighted by Gasteiger charge is -2.36. The first kappa shape index (κ1) is 20.3. The highest BCUT2D eigenvalue weighted by molar-refractivity contribution is 6.37. The van der Waals surface area contributed by atoms with E-state index in [4.69, 9.17) is 33.2 Å². The molecule has 1 amide bonds. The minimum absolute atomic E-state index is 0.00639. The largest absolute Gasteiger partial charge is 0.454 e. The average Bonchev–Trinajstić information content (AvgIpc) is 3.02. The van der Waals surface area contributed by atoms with Crippen LogP contribution < -0.4 is 21.3 Å². The number of H-pyrrole nitrogens is 1. The van der Waals surface area contributed by atoms with Crippen molar-refractivity contribution in [2.75, 3.05) is 5.32 Å². The highest BCUT2D eigenvalue weighted by atomic mass is 35.5. The van der Waals surface area contributed by atoms with Crippen molar-refractivity contribution >= 4 is 34.8 Å². The Morgan fingerprint density at radius 3 is 2.47 bits per heavy atom. The van der Waals surface area contributed by atoms with Crippen molar-refractivity contribution in [2.24, 2.45) is 0 Å². The van der Waals surface area contributed by atoms with Crippen LogP contribution in [-0.2, 0) is 10.2 Å². The molecular formula is C21H13Cl2N5O4. The van der Waals surface area contributed by atoms with Gasteiger partial charge in [0.05, 0.1) is 21.1 Å². The molecule has 3 aromatic rings. The van der Waals surface area contributed by atoms with Gasteiger partial charge in [0.15, 0.2) is 5.75 Å². The van der Waals surface area contributed by atoms with Crippen molar-refractivity contribution in [1.29, 1.82) is 5.26 Å². The first-order chi connectivity index (χ1) is 15.3. The van der Waals surface area contributed by atoms with Crippen molar-refractivity contribution in [3.63, 3.8) is 0 Å². The number of fused-ring (bicyclic) bond motifs is 2. The second kappa shape index (κ2) is 7.22. The zero-order chi connectivity index (χ0) is 22.6. The zero-order valence-corrected chi connectivity index (χ0v) is 17.8. The first-order valence-corrected chi connectivity index (χ1v) is 10.3. The number of nitrogens with one attached hydrogen (secondary N) is 2. The molecule has 1 aliphatic carbocycles. The molecule has 11 heteroatoms. The van der Waals surface area contributed by atoms with Gasteiger partial charge in [0.2, 0.25) is 11.6 Å². The van der Waals surface area contributed by atoms with Gasteiger partial charge >= 0.3 is 5.69 Å². The van der Waals surface area contributed by atoms with E-state index in [9.17, 15) is 14.4 Å². The summed E-state index contributed by atoms with van der Waals surface area (Å²) in [4.78, 5) is 38.1. The minimum atomic E-state index is -0.889. The molecule has 0 radical (unpaired) electrons. The number of anilines is 1. The molecule has 2 N–H and O–H groups in total. The van der Waals surface area contributed by atoms with Gasteiger partial charge in [-0.25, -0.2) is 4.79 Å². The smallest absolute Gasteiger partial charge is 0.349 e. The number of aromatic nitrogens is 3. The predicted molar refractivity (Wildman–Crippen MR) is 116 cm³/mol. The Morgan fingerprint density at radius 2 is 1.84 bits per heavy atom. The Morgan fingerprint density at radius 1 is 1.12 bits per heavy atom. The Labute approximate surface area is 190 Å². The molecule has 1 aromatic heterocycles. The van der Waals surface area contributed by atoms with Crippen molar-refractivity contribution in [1.82, 2.24) is 14.8 Å². The lowest BCUT2D eigenvalue weighted by molar-refractivity contribution is -0.123.